The van der Waals surface area contributed by atoms with E-state index in [-0.39, 0.29) is 16.9 Å². The molecule has 4 heterocycles. The normalized spacial score (nSPS) is 24.6. The third kappa shape index (κ3) is 5.34. The molecule has 3 aromatic rings. The summed E-state index contributed by atoms with van der Waals surface area (Å²) in [7, 11) is 1.88. The van der Waals surface area contributed by atoms with E-state index in [2.05, 4.69) is 42.4 Å². The number of nitrogens with one attached hydrogen (secondary N) is 1. The third-order valence-electron chi connectivity index (χ3n) is 8.94. The predicted octanol–water partition coefficient (Wildman–Crippen LogP) is 5.58. The first-order valence-corrected chi connectivity index (χ1v) is 15.2. The number of nitrogens with zero attached hydrogens (tertiary/aromatic N) is 6. The molecule has 0 spiro atoms. The summed E-state index contributed by atoms with van der Waals surface area (Å²) < 4.78 is 12.7. The molecule has 1 N–H and O–H groups in total. The van der Waals surface area contributed by atoms with Gasteiger partial charge in [-0.2, -0.15) is 5.10 Å². The number of aromatic nitrogens is 5. The fraction of sp³-hybridized carbons (Fsp3) is 0.600. The predicted molar refractivity (Wildman–Crippen MR) is 157 cm³/mol. The minimum Gasteiger partial charge on any atom is -0.476 e. The smallest absolute Gasteiger partial charge is 0.265 e. The van der Waals surface area contributed by atoms with Gasteiger partial charge in [-0.05, 0) is 93.7 Å². The number of amides is 1. The Balaban J connectivity index is 1.24. The summed E-state index contributed by atoms with van der Waals surface area (Å²) in [5.41, 5.74) is 1.36. The molecule has 214 valence electrons. The largest absolute Gasteiger partial charge is 0.476 e. The number of anilines is 1. The van der Waals surface area contributed by atoms with E-state index in [0.29, 0.717) is 29.0 Å². The average molecular weight is 564 g/mol. The molecule has 6 rings (SSSR count). The molecule has 1 unspecified atom stereocenters. The summed E-state index contributed by atoms with van der Waals surface area (Å²) in [5.74, 6) is 4.16. The Hall–Kier alpha value is -3.01. The van der Waals surface area contributed by atoms with Gasteiger partial charge < -0.3 is 9.64 Å². The maximum Gasteiger partial charge on any atom is 0.265 e. The van der Waals surface area contributed by atoms with Crippen molar-refractivity contribution in [1.29, 1.82) is 0 Å². The zero-order valence-corrected chi connectivity index (χ0v) is 25.3. The van der Waals surface area contributed by atoms with Crippen LogP contribution in [0.5, 0.6) is 5.88 Å². The molecule has 9 nitrogen and oxygen atoms in total. The number of hydrogen-bond acceptors (Lipinski definition) is 7. The Morgan fingerprint density at radius 1 is 1.15 bits per heavy atom. The van der Waals surface area contributed by atoms with E-state index in [0.717, 1.165) is 42.0 Å². The standard InChI is InChI=1S/C30H41N7O2S/c1-19-24(15-35(6)32-19)40-34-28(38)23-9-10-25(31-27(23)36-18-29(2,3)17-30(36,4)5)37-12-11-26(33-37)39-16-22-14-20-7-8-21(22)13-20/h9-12,15,20-22H,7-8,13-14,16-18H2,1-6H3,(H,34,38)/t20-,21+,22?/m1/s1. The maximum absolute atomic E-state index is 13.5. The number of fused-ring (bicyclic) bond motifs is 2. The van der Waals surface area contributed by atoms with Crippen molar-refractivity contribution in [1.82, 2.24) is 29.3 Å². The Bertz CT molecular complexity index is 1410. The van der Waals surface area contributed by atoms with Gasteiger partial charge in [-0.25, -0.2) is 9.67 Å². The lowest BCUT2D eigenvalue weighted by Crippen LogP contribution is -2.40. The van der Waals surface area contributed by atoms with Crippen LogP contribution in [0.3, 0.4) is 0 Å². The molecule has 40 heavy (non-hydrogen) atoms. The van der Waals surface area contributed by atoms with E-state index in [1.165, 1.54) is 37.6 Å². The van der Waals surface area contributed by atoms with Crippen molar-refractivity contribution in [2.24, 2.45) is 30.2 Å². The van der Waals surface area contributed by atoms with Crippen LogP contribution in [-0.2, 0) is 7.05 Å². The first-order chi connectivity index (χ1) is 19.0. The van der Waals surface area contributed by atoms with E-state index in [1.54, 1.807) is 9.36 Å². The zero-order valence-electron chi connectivity index (χ0n) is 24.5. The Kier molecular flexibility index (Phi) is 6.87. The molecule has 0 aromatic carbocycles. The number of rotatable bonds is 8. The quantitative estimate of drug-likeness (QED) is 0.358. The summed E-state index contributed by atoms with van der Waals surface area (Å²) in [4.78, 5) is 21.8. The third-order valence-corrected chi connectivity index (χ3v) is 9.85. The van der Waals surface area contributed by atoms with Crippen molar-refractivity contribution in [3.05, 3.63) is 41.9 Å². The van der Waals surface area contributed by atoms with Crippen molar-refractivity contribution in [3.63, 3.8) is 0 Å². The van der Waals surface area contributed by atoms with Crippen LogP contribution in [0.4, 0.5) is 5.82 Å². The van der Waals surface area contributed by atoms with Gasteiger partial charge >= 0.3 is 0 Å². The summed E-state index contributed by atoms with van der Waals surface area (Å²) in [6, 6.07) is 5.63. The number of pyridine rings is 1. The zero-order chi connectivity index (χ0) is 28.2. The number of aryl methyl sites for hydroxylation is 2. The monoisotopic (exact) mass is 563 g/mol. The maximum atomic E-state index is 13.5. The minimum absolute atomic E-state index is 0.100. The van der Waals surface area contributed by atoms with E-state index < -0.39 is 0 Å². The van der Waals surface area contributed by atoms with Crippen LogP contribution in [0.15, 0.2) is 35.5 Å². The molecule has 3 atom stereocenters. The number of hydrogen-bond donors (Lipinski definition) is 1. The van der Waals surface area contributed by atoms with Crippen molar-refractivity contribution >= 4 is 23.7 Å². The highest BCUT2D eigenvalue weighted by atomic mass is 32.2. The summed E-state index contributed by atoms with van der Waals surface area (Å²) >= 11 is 1.28. The van der Waals surface area contributed by atoms with E-state index in [4.69, 9.17) is 14.8 Å². The van der Waals surface area contributed by atoms with Crippen LogP contribution in [0.1, 0.15) is 75.9 Å². The van der Waals surface area contributed by atoms with Crippen LogP contribution in [0, 0.1) is 30.1 Å². The van der Waals surface area contributed by atoms with Gasteiger partial charge in [0, 0.05) is 37.6 Å². The first-order valence-electron chi connectivity index (χ1n) is 14.4. The topological polar surface area (TPSA) is 90.1 Å². The first kappa shape index (κ1) is 27.2. The highest BCUT2D eigenvalue weighted by Crippen LogP contribution is 2.48. The molecule has 3 aromatic heterocycles. The Morgan fingerprint density at radius 2 is 1.98 bits per heavy atom. The SMILES string of the molecule is Cc1nn(C)cc1SNC(=O)c1ccc(-n2ccc(OCC3C[C@@H]4CC[C@H]3C4)n2)nc1N1CC(C)(C)CC1(C)C. The van der Waals surface area contributed by atoms with Crippen molar-refractivity contribution in [2.45, 2.75) is 77.2 Å². The molecule has 0 radical (unpaired) electrons. The average Bonchev–Trinajstić information content (AvgIpc) is 3.70. The molecular weight excluding hydrogens is 522 g/mol. The highest BCUT2D eigenvalue weighted by molar-refractivity contribution is 7.98. The molecule has 2 bridgehead atoms. The van der Waals surface area contributed by atoms with E-state index >= 15 is 0 Å². The molecule has 1 amide bonds. The fourth-order valence-corrected chi connectivity index (χ4v) is 8.10. The molecule has 2 aliphatic carbocycles. The second-order valence-corrected chi connectivity index (χ2v) is 14.3. The molecule has 3 fully saturated rings. The molecule has 2 saturated carbocycles. The molecular formula is C30H41N7O2S. The van der Waals surface area contributed by atoms with E-state index in [1.807, 2.05) is 44.6 Å². The van der Waals surface area contributed by atoms with Gasteiger partial charge in [0.2, 0.25) is 5.88 Å². The summed E-state index contributed by atoms with van der Waals surface area (Å²) in [6.45, 7) is 12.5. The lowest BCUT2D eigenvalue weighted by molar-refractivity contribution is 0.0984. The van der Waals surface area contributed by atoms with Crippen LogP contribution in [0.25, 0.3) is 5.82 Å². The van der Waals surface area contributed by atoms with Gasteiger partial charge in [-0.15, -0.1) is 5.10 Å². The summed E-state index contributed by atoms with van der Waals surface area (Å²) in [6.07, 6.45) is 10.2. The summed E-state index contributed by atoms with van der Waals surface area (Å²) in [5, 5.41) is 9.07. The molecule has 3 aliphatic rings. The van der Waals surface area contributed by atoms with Gasteiger partial charge in [0.15, 0.2) is 5.82 Å². The van der Waals surface area contributed by atoms with Crippen LogP contribution >= 0.6 is 11.9 Å². The van der Waals surface area contributed by atoms with Crippen LogP contribution in [0.2, 0.25) is 0 Å². The van der Waals surface area contributed by atoms with Crippen LogP contribution < -0.4 is 14.4 Å². The molecule has 10 heteroatoms. The second kappa shape index (κ2) is 10.1. The number of carbonyl (C=O) groups excluding carboxylic acids is 1. The number of carbonyl (C=O) groups is 1. The van der Waals surface area contributed by atoms with Gasteiger partial charge in [-0.1, -0.05) is 20.3 Å². The van der Waals surface area contributed by atoms with Crippen molar-refractivity contribution < 1.29 is 9.53 Å². The fourth-order valence-electron chi connectivity index (χ4n) is 7.39. The van der Waals surface area contributed by atoms with Gasteiger partial charge in [0.05, 0.1) is 22.8 Å². The van der Waals surface area contributed by atoms with Gasteiger partial charge in [-0.3, -0.25) is 14.2 Å². The van der Waals surface area contributed by atoms with Crippen molar-refractivity contribution in [2.75, 3.05) is 18.1 Å². The number of ether oxygens (including phenoxy) is 1. The van der Waals surface area contributed by atoms with Crippen molar-refractivity contribution in [3.8, 4) is 11.7 Å². The van der Waals surface area contributed by atoms with E-state index in [9.17, 15) is 4.79 Å². The highest BCUT2D eigenvalue weighted by Gasteiger charge is 2.45. The minimum atomic E-state index is -0.182. The van der Waals surface area contributed by atoms with Gasteiger partial charge in [0.25, 0.3) is 5.91 Å². The van der Waals surface area contributed by atoms with Crippen LogP contribution in [-0.4, -0.2) is 49.1 Å². The lowest BCUT2D eigenvalue weighted by Gasteiger charge is -2.33. The molecule has 1 saturated heterocycles. The van der Waals surface area contributed by atoms with Gasteiger partial charge in [0.1, 0.15) is 5.82 Å². The Morgan fingerprint density at radius 3 is 2.62 bits per heavy atom. The lowest BCUT2D eigenvalue weighted by atomic mass is 9.86. The second-order valence-electron chi connectivity index (χ2n) is 13.4. The molecule has 1 aliphatic heterocycles. The Labute approximate surface area is 241 Å².